The second-order valence-corrected chi connectivity index (χ2v) is 7.05. The first-order chi connectivity index (χ1) is 9.40. The molecule has 0 radical (unpaired) electrons. The topological polar surface area (TPSA) is 26.3 Å². The van der Waals surface area contributed by atoms with E-state index in [0.29, 0.717) is 17.1 Å². The van der Waals surface area contributed by atoms with Gasteiger partial charge in [0, 0.05) is 12.3 Å². The number of Topliss-reactive ketones (excluding diaryl/α,β-unsaturated/α-hetero) is 1. The molecule has 0 amide bonds. The fraction of sp³-hybridized carbons (Fsp3) is 0.611. The average molecular weight is 274 g/mol. The van der Waals surface area contributed by atoms with Crippen LogP contribution in [0.3, 0.4) is 0 Å². The number of hydrogen-bond acceptors (Lipinski definition) is 2. The molecule has 110 valence electrons. The van der Waals surface area contributed by atoms with Gasteiger partial charge in [-0.25, -0.2) is 0 Å². The second-order valence-electron chi connectivity index (χ2n) is 7.05. The standard InChI is InChI=1S/C18H26O2/c1-18(2,3)15-7-10-17(19)14(12-15)11-13-5-8-16(20-4)9-6-13/h5-6,8-9,14-15H,7,10-12H2,1-4H3. The molecular formula is C18H26O2. The highest BCUT2D eigenvalue weighted by Gasteiger charge is 2.34. The number of carbonyl (C=O) groups excluding carboxylic acids is 1. The van der Waals surface area contributed by atoms with Gasteiger partial charge in [-0.15, -0.1) is 0 Å². The molecule has 1 aliphatic rings. The molecular weight excluding hydrogens is 248 g/mol. The minimum absolute atomic E-state index is 0.196. The zero-order valence-electron chi connectivity index (χ0n) is 13.1. The predicted molar refractivity (Wildman–Crippen MR) is 82.0 cm³/mol. The molecule has 0 bridgehead atoms. The van der Waals surface area contributed by atoms with Gasteiger partial charge in [-0.2, -0.15) is 0 Å². The third-order valence-corrected chi connectivity index (χ3v) is 4.63. The number of ketones is 1. The average Bonchev–Trinajstić information content (AvgIpc) is 2.41. The molecule has 1 aromatic rings. The molecule has 0 saturated heterocycles. The van der Waals surface area contributed by atoms with Gasteiger partial charge in [0.25, 0.3) is 0 Å². The summed E-state index contributed by atoms with van der Waals surface area (Å²) in [6.45, 7) is 6.87. The first-order valence-corrected chi connectivity index (χ1v) is 7.56. The summed E-state index contributed by atoms with van der Waals surface area (Å²) in [7, 11) is 1.67. The summed E-state index contributed by atoms with van der Waals surface area (Å²) in [5.41, 5.74) is 1.54. The highest BCUT2D eigenvalue weighted by molar-refractivity contribution is 5.82. The zero-order chi connectivity index (χ0) is 14.8. The molecule has 1 fully saturated rings. The van der Waals surface area contributed by atoms with Crippen molar-refractivity contribution in [3.05, 3.63) is 29.8 Å². The normalized spacial score (nSPS) is 23.7. The van der Waals surface area contributed by atoms with Crippen LogP contribution in [0.4, 0.5) is 0 Å². The molecule has 1 aliphatic carbocycles. The van der Waals surface area contributed by atoms with E-state index < -0.39 is 0 Å². The van der Waals surface area contributed by atoms with Crippen molar-refractivity contribution in [3.8, 4) is 5.75 Å². The Kier molecular flexibility index (Phi) is 4.52. The lowest BCUT2D eigenvalue weighted by molar-refractivity contribution is -0.126. The number of hydrogen-bond donors (Lipinski definition) is 0. The Bertz CT molecular complexity index is 453. The number of carbonyl (C=O) groups is 1. The molecule has 2 atom stereocenters. The first-order valence-electron chi connectivity index (χ1n) is 7.56. The Morgan fingerprint density at radius 3 is 2.40 bits per heavy atom. The summed E-state index contributed by atoms with van der Waals surface area (Å²) >= 11 is 0. The van der Waals surface area contributed by atoms with E-state index >= 15 is 0 Å². The van der Waals surface area contributed by atoms with Gasteiger partial charge in [0.1, 0.15) is 11.5 Å². The van der Waals surface area contributed by atoms with Gasteiger partial charge >= 0.3 is 0 Å². The van der Waals surface area contributed by atoms with Crippen LogP contribution in [0.15, 0.2) is 24.3 Å². The molecule has 2 unspecified atom stereocenters. The van der Waals surface area contributed by atoms with Crippen LogP contribution in [0.5, 0.6) is 5.75 Å². The zero-order valence-corrected chi connectivity index (χ0v) is 13.1. The van der Waals surface area contributed by atoms with Crippen molar-refractivity contribution < 1.29 is 9.53 Å². The van der Waals surface area contributed by atoms with Crippen molar-refractivity contribution in [2.75, 3.05) is 7.11 Å². The minimum Gasteiger partial charge on any atom is -0.497 e. The third kappa shape index (κ3) is 3.62. The predicted octanol–water partition coefficient (Wildman–Crippen LogP) is 4.27. The summed E-state index contributed by atoms with van der Waals surface area (Å²) in [6, 6.07) is 8.10. The molecule has 1 aromatic carbocycles. The number of ether oxygens (including phenoxy) is 1. The lowest BCUT2D eigenvalue weighted by Gasteiger charge is -2.37. The van der Waals surface area contributed by atoms with Crippen LogP contribution in [0.25, 0.3) is 0 Å². The fourth-order valence-corrected chi connectivity index (χ4v) is 3.14. The Hall–Kier alpha value is -1.31. The molecule has 2 nitrogen and oxygen atoms in total. The highest BCUT2D eigenvalue weighted by Crippen LogP contribution is 2.39. The number of methoxy groups -OCH3 is 1. The summed E-state index contributed by atoms with van der Waals surface area (Å²) < 4.78 is 5.18. The number of rotatable bonds is 3. The van der Waals surface area contributed by atoms with Gasteiger partial charge < -0.3 is 4.74 Å². The summed E-state index contributed by atoms with van der Waals surface area (Å²) in [6.07, 6.45) is 3.72. The van der Waals surface area contributed by atoms with Crippen LogP contribution in [0.1, 0.15) is 45.6 Å². The van der Waals surface area contributed by atoms with E-state index in [2.05, 4.69) is 32.9 Å². The van der Waals surface area contributed by atoms with E-state index in [1.807, 2.05) is 12.1 Å². The molecule has 2 rings (SSSR count). The molecule has 2 heteroatoms. The quantitative estimate of drug-likeness (QED) is 0.822. The summed E-state index contributed by atoms with van der Waals surface area (Å²) in [5, 5.41) is 0. The lowest BCUT2D eigenvalue weighted by atomic mass is 9.67. The van der Waals surface area contributed by atoms with Crippen molar-refractivity contribution in [3.63, 3.8) is 0 Å². The second kappa shape index (κ2) is 5.99. The Labute approximate surface area is 122 Å². The van der Waals surface area contributed by atoms with Gasteiger partial charge in [0.2, 0.25) is 0 Å². The largest absolute Gasteiger partial charge is 0.497 e. The smallest absolute Gasteiger partial charge is 0.136 e. The van der Waals surface area contributed by atoms with Gasteiger partial charge in [-0.3, -0.25) is 4.79 Å². The molecule has 0 aliphatic heterocycles. The van der Waals surface area contributed by atoms with E-state index in [4.69, 9.17) is 4.74 Å². The molecule has 0 aromatic heterocycles. The van der Waals surface area contributed by atoms with Crippen molar-refractivity contribution in [1.82, 2.24) is 0 Å². The Morgan fingerprint density at radius 1 is 1.20 bits per heavy atom. The molecule has 0 spiro atoms. The van der Waals surface area contributed by atoms with Crippen LogP contribution < -0.4 is 4.74 Å². The monoisotopic (exact) mass is 274 g/mol. The third-order valence-electron chi connectivity index (χ3n) is 4.63. The van der Waals surface area contributed by atoms with Crippen molar-refractivity contribution in [1.29, 1.82) is 0 Å². The SMILES string of the molecule is COc1ccc(CC2CC(C(C)(C)C)CCC2=O)cc1. The van der Waals surface area contributed by atoms with Crippen LogP contribution in [-0.4, -0.2) is 12.9 Å². The molecule has 1 saturated carbocycles. The maximum atomic E-state index is 12.2. The van der Waals surface area contributed by atoms with Crippen LogP contribution >= 0.6 is 0 Å². The maximum Gasteiger partial charge on any atom is 0.136 e. The van der Waals surface area contributed by atoms with Crippen molar-refractivity contribution in [2.45, 2.75) is 46.5 Å². The summed E-state index contributed by atoms with van der Waals surface area (Å²) in [5.74, 6) is 2.17. The van der Waals surface area contributed by atoms with Gasteiger partial charge in [-0.05, 0) is 48.3 Å². The van der Waals surface area contributed by atoms with Crippen LogP contribution in [0.2, 0.25) is 0 Å². The van der Waals surface area contributed by atoms with Gasteiger partial charge in [0.15, 0.2) is 0 Å². The fourth-order valence-electron chi connectivity index (χ4n) is 3.14. The van der Waals surface area contributed by atoms with Crippen LogP contribution in [0, 0.1) is 17.3 Å². The maximum absolute atomic E-state index is 12.2. The molecule has 20 heavy (non-hydrogen) atoms. The van der Waals surface area contributed by atoms with Crippen molar-refractivity contribution in [2.24, 2.45) is 17.3 Å². The number of benzene rings is 1. The highest BCUT2D eigenvalue weighted by atomic mass is 16.5. The summed E-state index contributed by atoms with van der Waals surface area (Å²) in [4.78, 5) is 12.2. The molecule has 0 heterocycles. The van der Waals surface area contributed by atoms with E-state index in [1.165, 1.54) is 5.56 Å². The Balaban J connectivity index is 2.04. The van der Waals surface area contributed by atoms with Crippen LogP contribution in [-0.2, 0) is 11.2 Å². The lowest BCUT2D eigenvalue weighted by Crippen LogP contribution is -2.33. The van der Waals surface area contributed by atoms with E-state index in [9.17, 15) is 4.79 Å². The molecule has 0 N–H and O–H groups in total. The Morgan fingerprint density at radius 2 is 1.85 bits per heavy atom. The van der Waals surface area contributed by atoms with Crippen molar-refractivity contribution >= 4 is 5.78 Å². The van der Waals surface area contributed by atoms with Gasteiger partial charge in [0.05, 0.1) is 7.11 Å². The van der Waals surface area contributed by atoms with E-state index in [-0.39, 0.29) is 5.92 Å². The van der Waals surface area contributed by atoms with Gasteiger partial charge in [-0.1, -0.05) is 32.9 Å². The van der Waals surface area contributed by atoms with E-state index in [1.54, 1.807) is 7.11 Å². The minimum atomic E-state index is 0.196. The first kappa shape index (κ1) is 15.1. The van der Waals surface area contributed by atoms with E-state index in [0.717, 1.165) is 31.4 Å².